The van der Waals surface area contributed by atoms with Gasteiger partial charge in [-0.25, -0.2) is 12.8 Å². The van der Waals surface area contributed by atoms with Crippen LogP contribution < -0.4 is 0 Å². The molecule has 0 saturated carbocycles. The Morgan fingerprint density at radius 3 is 2.72 bits per heavy atom. The smallest absolute Gasteiger partial charge is 0.223 e. The third-order valence-corrected chi connectivity index (χ3v) is 6.74. The predicted octanol–water partition coefficient (Wildman–Crippen LogP) is 2.12. The molecule has 0 bridgehead atoms. The summed E-state index contributed by atoms with van der Waals surface area (Å²) in [7, 11) is -3.15. The number of fused-ring (bicyclic) bond motifs is 1. The van der Waals surface area contributed by atoms with E-state index in [1.165, 1.54) is 12.1 Å². The van der Waals surface area contributed by atoms with Crippen molar-refractivity contribution in [3.05, 3.63) is 35.6 Å². The number of morpholine rings is 1. The van der Waals surface area contributed by atoms with Crippen LogP contribution in [0.5, 0.6) is 0 Å². The highest BCUT2D eigenvalue weighted by atomic mass is 32.2. The van der Waals surface area contributed by atoms with Gasteiger partial charge in [0.25, 0.3) is 0 Å². The predicted molar refractivity (Wildman–Crippen MR) is 92.6 cm³/mol. The highest BCUT2D eigenvalue weighted by molar-refractivity contribution is 7.91. The molecule has 1 amide bonds. The van der Waals surface area contributed by atoms with Crippen LogP contribution in [0.2, 0.25) is 0 Å². The minimum absolute atomic E-state index is 0.00219. The van der Waals surface area contributed by atoms with E-state index in [9.17, 15) is 17.6 Å². The van der Waals surface area contributed by atoms with Gasteiger partial charge in [0.1, 0.15) is 5.82 Å². The van der Waals surface area contributed by atoms with Crippen molar-refractivity contribution in [2.45, 2.75) is 44.2 Å². The highest BCUT2D eigenvalue weighted by Crippen LogP contribution is 2.30. The van der Waals surface area contributed by atoms with Crippen molar-refractivity contribution in [3.63, 3.8) is 0 Å². The Bertz CT molecular complexity index is 719. The fourth-order valence-corrected chi connectivity index (χ4v) is 5.69. The average Bonchev–Trinajstić information content (AvgIpc) is 2.88. The third-order valence-electron chi connectivity index (χ3n) is 5.06. The van der Waals surface area contributed by atoms with E-state index in [0.717, 1.165) is 18.4 Å². The first kappa shape index (κ1) is 18.3. The Balaban J connectivity index is 1.73. The van der Waals surface area contributed by atoms with Crippen molar-refractivity contribution >= 4 is 15.7 Å². The molecular weight excluding hydrogens is 345 g/mol. The second-order valence-corrected chi connectivity index (χ2v) is 9.04. The number of sulfone groups is 1. The van der Waals surface area contributed by atoms with Crippen LogP contribution in [0.15, 0.2) is 24.3 Å². The molecule has 3 atom stereocenters. The molecule has 5 nitrogen and oxygen atoms in total. The maximum atomic E-state index is 13.2. The average molecular weight is 369 g/mol. The molecule has 3 unspecified atom stereocenters. The number of benzene rings is 1. The van der Waals surface area contributed by atoms with Gasteiger partial charge in [0.05, 0.1) is 30.3 Å². The Kier molecular flexibility index (Phi) is 5.43. The van der Waals surface area contributed by atoms with Gasteiger partial charge in [-0.2, -0.15) is 0 Å². The first-order valence-electron chi connectivity index (χ1n) is 8.76. The largest absolute Gasteiger partial charge is 0.373 e. The van der Waals surface area contributed by atoms with E-state index in [-0.39, 0.29) is 35.2 Å². The number of nitrogens with zero attached hydrogens (tertiary/aromatic N) is 1. The van der Waals surface area contributed by atoms with Crippen LogP contribution in [0.25, 0.3) is 0 Å². The molecule has 0 aromatic heterocycles. The summed E-state index contributed by atoms with van der Waals surface area (Å²) < 4.78 is 42.5. The van der Waals surface area contributed by atoms with Gasteiger partial charge in [-0.1, -0.05) is 25.5 Å². The number of rotatable bonds is 5. The summed E-state index contributed by atoms with van der Waals surface area (Å²) in [4.78, 5) is 14.6. The number of carbonyl (C=O) groups excluding carboxylic acids is 1. The van der Waals surface area contributed by atoms with Crippen molar-refractivity contribution in [2.24, 2.45) is 0 Å². The summed E-state index contributed by atoms with van der Waals surface area (Å²) in [6.45, 7) is 2.85. The molecule has 2 aliphatic heterocycles. The van der Waals surface area contributed by atoms with E-state index < -0.39 is 15.9 Å². The Labute approximate surface area is 148 Å². The Morgan fingerprint density at radius 1 is 1.32 bits per heavy atom. The number of amides is 1. The number of ether oxygens (including phenoxy) is 1. The maximum Gasteiger partial charge on any atom is 0.223 e. The van der Waals surface area contributed by atoms with Crippen molar-refractivity contribution in [1.29, 1.82) is 0 Å². The molecule has 138 valence electrons. The van der Waals surface area contributed by atoms with E-state index in [2.05, 4.69) is 6.92 Å². The van der Waals surface area contributed by atoms with E-state index in [0.29, 0.717) is 19.6 Å². The fraction of sp³-hybridized carbons (Fsp3) is 0.611. The molecule has 3 rings (SSSR count). The third kappa shape index (κ3) is 4.20. The standard InChI is InChI=1S/C18H24FNO4S/c1-2-3-14(13-4-6-15(19)7-5-13)10-18(21)20-8-9-24-17-12-25(22,23)11-16(17)20/h4-7,14,16-17H,2-3,8-12H2,1H3. The summed E-state index contributed by atoms with van der Waals surface area (Å²) in [5, 5.41) is 0. The fourth-order valence-electron chi connectivity index (χ4n) is 3.82. The molecule has 0 radical (unpaired) electrons. The van der Waals surface area contributed by atoms with Gasteiger partial charge in [-0.05, 0) is 30.0 Å². The zero-order valence-electron chi connectivity index (χ0n) is 14.4. The first-order valence-corrected chi connectivity index (χ1v) is 10.6. The normalized spacial score (nSPS) is 26.2. The molecule has 2 fully saturated rings. The minimum atomic E-state index is -3.15. The molecule has 1 aromatic rings. The molecular formula is C18H24FNO4S. The molecule has 2 heterocycles. The summed E-state index contributed by atoms with van der Waals surface area (Å²) in [5.74, 6) is -0.344. The number of carbonyl (C=O) groups is 1. The van der Waals surface area contributed by atoms with Gasteiger partial charge in [0.2, 0.25) is 5.91 Å². The number of hydrogen-bond donors (Lipinski definition) is 0. The van der Waals surface area contributed by atoms with Gasteiger partial charge in [0, 0.05) is 13.0 Å². The molecule has 0 spiro atoms. The lowest BCUT2D eigenvalue weighted by molar-refractivity contribution is -0.143. The lowest BCUT2D eigenvalue weighted by Crippen LogP contribution is -2.53. The lowest BCUT2D eigenvalue weighted by atomic mass is 9.90. The highest BCUT2D eigenvalue weighted by Gasteiger charge is 2.45. The second kappa shape index (κ2) is 7.41. The van der Waals surface area contributed by atoms with Crippen LogP contribution in [0.1, 0.15) is 37.7 Å². The van der Waals surface area contributed by atoms with E-state index in [1.54, 1.807) is 17.0 Å². The zero-order chi connectivity index (χ0) is 18.0. The SMILES string of the molecule is CCCC(CC(=O)N1CCOC2CS(=O)(=O)CC21)c1ccc(F)cc1. The van der Waals surface area contributed by atoms with Crippen LogP contribution in [0, 0.1) is 5.82 Å². The molecule has 0 N–H and O–H groups in total. The van der Waals surface area contributed by atoms with Crippen LogP contribution in [0.4, 0.5) is 4.39 Å². The van der Waals surface area contributed by atoms with Gasteiger partial charge >= 0.3 is 0 Å². The Hall–Kier alpha value is -1.47. The lowest BCUT2D eigenvalue weighted by Gasteiger charge is -2.37. The monoisotopic (exact) mass is 369 g/mol. The minimum Gasteiger partial charge on any atom is -0.373 e. The van der Waals surface area contributed by atoms with Crippen LogP contribution >= 0.6 is 0 Å². The van der Waals surface area contributed by atoms with Gasteiger partial charge in [-0.3, -0.25) is 4.79 Å². The molecule has 2 aliphatic rings. The zero-order valence-corrected chi connectivity index (χ0v) is 15.2. The summed E-state index contributed by atoms with van der Waals surface area (Å²) in [6.07, 6.45) is 1.65. The molecule has 0 aliphatic carbocycles. The van der Waals surface area contributed by atoms with Crippen LogP contribution in [0.3, 0.4) is 0 Å². The molecule has 7 heteroatoms. The van der Waals surface area contributed by atoms with Crippen LogP contribution in [-0.4, -0.2) is 56.0 Å². The molecule has 25 heavy (non-hydrogen) atoms. The summed E-state index contributed by atoms with van der Waals surface area (Å²) in [6, 6.07) is 5.91. The quantitative estimate of drug-likeness (QED) is 0.798. The maximum absolute atomic E-state index is 13.2. The van der Waals surface area contributed by atoms with Gasteiger partial charge in [0.15, 0.2) is 9.84 Å². The van der Waals surface area contributed by atoms with E-state index in [4.69, 9.17) is 4.74 Å². The van der Waals surface area contributed by atoms with E-state index >= 15 is 0 Å². The van der Waals surface area contributed by atoms with Crippen molar-refractivity contribution in [3.8, 4) is 0 Å². The van der Waals surface area contributed by atoms with Crippen molar-refractivity contribution in [1.82, 2.24) is 4.90 Å². The van der Waals surface area contributed by atoms with Gasteiger partial charge < -0.3 is 9.64 Å². The van der Waals surface area contributed by atoms with E-state index in [1.807, 2.05) is 0 Å². The van der Waals surface area contributed by atoms with Crippen LogP contribution in [-0.2, 0) is 19.4 Å². The molecule has 2 saturated heterocycles. The summed E-state index contributed by atoms with van der Waals surface area (Å²) in [5.41, 5.74) is 0.945. The number of hydrogen-bond acceptors (Lipinski definition) is 4. The second-order valence-electron chi connectivity index (χ2n) is 6.88. The Morgan fingerprint density at radius 2 is 2.04 bits per heavy atom. The first-order chi connectivity index (χ1) is 11.9. The summed E-state index contributed by atoms with van der Waals surface area (Å²) >= 11 is 0. The molecule has 1 aromatic carbocycles. The number of halogens is 1. The van der Waals surface area contributed by atoms with Crippen molar-refractivity contribution in [2.75, 3.05) is 24.7 Å². The topological polar surface area (TPSA) is 63.7 Å². The van der Waals surface area contributed by atoms with Gasteiger partial charge in [-0.15, -0.1) is 0 Å². The van der Waals surface area contributed by atoms with Crippen molar-refractivity contribution < 1.29 is 22.3 Å².